The fraction of sp³-hybridized carbons (Fsp3) is 0.200. The lowest BCUT2D eigenvalue weighted by molar-refractivity contribution is 0.417. The summed E-state index contributed by atoms with van der Waals surface area (Å²) in [6.07, 6.45) is 0. The van der Waals surface area contributed by atoms with Gasteiger partial charge in [-0.25, -0.2) is 4.98 Å². The lowest BCUT2D eigenvalue weighted by atomic mass is 10.2. The van der Waals surface area contributed by atoms with Gasteiger partial charge >= 0.3 is 0 Å². The average molecular weight is 204 g/mol. The van der Waals surface area contributed by atoms with Crippen LogP contribution in [0.3, 0.4) is 0 Å². The molecule has 1 aromatic heterocycles. The van der Waals surface area contributed by atoms with Crippen molar-refractivity contribution in [3.05, 3.63) is 24.0 Å². The number of methoxy groups -OCH3 is 1. The van der Waals surface area contributed by atoms with Crippen molar-refractivity contribution in [1.82, 2.24) is 15.2 Å². The van der Waals surface area contributed by atoms with Crippen molar-refractivity contribution in [2.75, 3.05) is 12.8 Å². The second kappa shape index (κ2) is 3.61. The van der Waals surface area contributed by atoms with Crippen LogP contribution in [-0.2, 0) is 0 Å². The number of nitrogens with zero attached hydrogens (tertiary/aromatic N) is 2. The van der Waals surface area contributed by atoms with E-state index in [-0.39, 0.29) is 0 Å². The molecule has 3 N–H and O–H groups in total. The first-order valence-electron chi connectivity index (χ1n) is 4.53. The molecule has 0 aliphatic heterocycles. The zero-order valence-corrected chi connectivity index (χ0v) is 8.61. The van der Waals surface area contributed by atoms with Crippen LogP contribution in [0.25, 0.3) is 11.4 Å². The van der Waals surface area contributed by atoms with Crippen molar-refractivity contribution in [2.24, 2.45) is 0 Å². The number of hydrogen-bond acceptors (Lipinski definition) is 4. The standard InChI is InChI=1S/C10H12N4O/c1-6-12-10(14-13-6)7-3-4-9(15-2)8(11)5-7/h3-5H,11H2,1-2H3,(H,12,13,14). The lowest BCUT2D eigenvalue weighted by Gasteiger charge is -2.04. The number of nitrogens with two attached hydrogens (primary N) is 1. The van der Waals surface area contributed by atoms with Crippen LogP contribution in [0.1, 0.15) is 5.82 Å². The molecule has 5 nitrogen and oxygen atoms in total. The van der Waals surface area contributed by atoms with Crippen LogP contribution in [0, 0.1) is 6.92 Å². The van der Waals surface area contributed by atoms with E-state index in [9.17, 15) is 0 Å². The molecular formula is C10H12N4O. The number of aromatic amines is 1. The number of ether oxygens (including phenoxy) is 1. The Kier molecular flexibility index (Phi) is 2.29. The summed E-state index contributed by atoms with van der Waals surface area (Å²) in [4.78, 5) is 4.21. The highest BCUT2D eigenvalue weighted by atomic mass is 16.5. The van der Waals surface area contributed by atoms with Crippen molar-refractivity contribution in [3.63, 3.8) is 0 Å². The molecule has 2 rings (SSSR count). The Balaban J connectivity index is 2.42. The highest BCUT2D eigenvalue weighted by molar-refractivity contribution is 5.66. The van der Waals surface area contributed by atoms with Gasteiger partial charge in [0.25, 0.3) is 0 Å². The summed E-state index contributed by atoms with van der Waals surface area (Å²) >= 11 is 0. The van der Waals surface area contributed by atoms with E-state index < -0.39 is 0 Å². The third kappa shape index (κ3) is 1.76. The minimum atomic E-state index is 0.581. The van der Waals surface area contributed by atoms with Gasteiger partial charge in [0.05, 0.1) is 12.8 Å². The first kappa shape index (κ1) is 9.51. The van der Waals surface area contributed by atoms with E-state index in [4.69, 9.17) is 10.5 Å². The Morgan fingerprint density at radius 1 is 1.40 bits per heavy atom. The van der Waals surface area contributed by atoms with Gasteiger partial charge in [-0.1, -0.05) is 0 Å². The van der Waals surface area contributed by atoms with E-state index in [1.165, 1.54) is 0 Å². The van der Waals surface area contributed by atoms with E-state index in [1.54, 1.807) is 19.2 Å². The maximum absolute atomic E-state index is 5.79. The van der Waals surface area contributed by atoms with Crippen LogP contribution in [-0.4, -0.2) is 22.3 Å². The monoisotopic (exact) mass is 204 g/mol. The Morgan fingerprint density at radius 3 is 2.73 bits per heavy atom. The number of anilines is 1. The predicted octanol–water partition coefficient (Wildman–Crippen LogP) is 1.37. The highest BCUT2D eigenvalue weighted by Gasteiger charge is 2.06. The molecule has 1 heterocycles. The van der Waals surface area contributed by atoms with E-state index in [1.807, 2.05) is 13.0 Å². The third-order valence-corrected chi connectivity index (χ3v) is 2.09. The van der Waals surface area contributed by atoms with Crippen molar-refractivity contribution in [3.8, 4) is 17.1 Å². The molecule has 0 aliphatic carbocycles. The van der Waals surface area contributed by atoms with Gasteiger partial charge in [0.2, 0.25) is 0 Å². The quantitative estimate of drug-likeness (QED) is 0.724. The minimum absolute atomic E-state index is 0.581. The smallest absolute Gasteiger partial charge is 0.181 e. The normalized spacial score (nSPS) is 10.3. The predicted molar refractivity (Wildman–Crippen MR) is 57.5 cm³/mol. The second-order valence-corrected chi connectivity index (χ2v) is 3.20. The van der Waals surface area contributed by atoms with Crippen LogP contribution in [0.2, 0.25) is 0 Å². The maximum Gasteiger partial charge on any atom is 0.181 e. The Bertz CT molecular complexity index is 478. The number of benzene rings is 1. The lowest BCUT2D eigenvalue weighted by Crippen LogP contribution is -1.93. The van der Waals surface area contributed by atoms with Gasteiger partial charge in [-0.3, -0.25) is 5.10 Å². The molecule has 2 aromatic rings. The molecule has 0 amide bonds. The number of nitrogens with one attached hydrogen (secondary N) is 1. The summed E-state index contributed by atoms with van der Waals surface area (Å²) in [5.41, 5.74) is 7.24. The van der Waals surface area contributed by atoms with E-state index >= 15 is 0 Å². The fourth-order valence-electron chi connectivity index (χ4n) is 1.35. The van der Waals surface area contributed by atoms with Gasteiger partial charge in [-0.05, 0) is 25.1 Å². The van der Waals surface area contributed by atoms with Gasteiger partial charge in [-0.15, -0.1) is 0 Å². The molecular weight excluding hydrogens is 192 g/mol. The molecule has 1 aromatic carbocycles. The molecule has 15 heavy (non-hydrogen) atoms. The number of nitrogen functional groups attached to an aromatic ring is 1. The van der Waals surface area contributed by atoms with Crippen LogP contribution in [0.15, 0.2) is 18.2 Å². The third-order valence-electron chi connectivity index (χ3n) is 2.09. The summed E-state index contributed by atoms with van der Waals surface area (Å²) in [7, 11) is 1.59. The van der Waals surface area contributed by atoms with Gasteiger partial charge in [0.15, 0.2) is 5.82 Å². The van der Waals surface area contributed by atoms with Crippen LogP contribution in [0.5, 0.6) is 5.75 Å². The molecule has 0 bridgehead atoms. The number of H-pyrrole nitrogens is 1. The van der Waals surface area contributed by atoms with E-state index in [0.29, 0.717) is 17.3 Å². The molecule has 0 aliphatic rings. The van der Waals surface area contributed by atoms with Crippen molar-refractivity contribution in [1.29, 1.82) is 0 Å². The molecule has 0 saturated carbocycles. The number of aromatic nitrogens is 3. The summed E-state index contributed by atoms with van der Waals surface area (Å²) in [6, 6.07) is 5.47. The van der Waals surface area contributed by atoms with Crippen molar-refractivity contribution >= 4 is 5.69 Å². The largest absolute Gasteiger partial charge is 0.495 e. The number of hydrogen-bond donors (Lipinski definition) is 2. The maximum atomic E-state index is 5.79. The minimum Gasteiger partial charge on any atom is -0.495 e. The summed E-state index contributed by atoms with van der Waals surface area (Å²) < 4.78 is 5.07. The zero-order chi connectivity index (χ0) is 10.8. The molecule has 0 spiro atoms. The Hall–Kier alpha value is -2.04. The van der Waals surface area contributed by atoms with Crippen LogP contribution < -0.4 is 10.5 Å². The van der Waals surface area contributed by atoms with E-state index in [2.05, 4.69) is 15.2 Å². The van der Waals surface area contributed by atoms with Gasteiger partial charge in [-0.2, -0.15) is 5.10 Å². The first-order chi connectivity index (χ1) is 7.20. The topological polar surface area (TPSA) is 76.8 Å². The van der Waals surface area contributed by atoms with Crippen LogP contribution >= 0.6 is 0 Å². The van der Waals surface area contributed by atoms with Gasteiger partial charge in [0.1, 0.15) is 11.6 Å². The molecule has 0 saturated heterocycles. The molecule has 0 fully saturated rings. The highest BCUT2D eigenvalue weighted by Crippen LogP contribution is 2.26. The Morgan fingerprint density at radius 2 is 2.20 bits per heavy atom. The SMILES string of the molecule is COc1ccc(-c2n[nH]c(C)n2)cc1N. The zero-order valence-electron chi connectivity index (χ0n) is 8.61. The second-order valence-electron chi connectivity index (χ2n) is 3.20. The van der Waals surface area contributed by atoms with E-state index in [0.717, 1.165) is 11.4 Å². The van der Waals surface area contributed by atoms with Gasteiger partial charge in [0, 0.05) is 5.56 Å². The Labute approximate surface area is 87.3 Å². The molecule has 0 unspecified atom stereocenters. The summed E-state index contributed by atoms with van der Waals surface area (Å²) in [5, 5.41) is 6.83. The molecule has 0 radical (unpaired) electrons. The summed E-state index contributed by atoms with van der Waals surface area (Å²) in [5.74, 6) is 2.08. The van der Waals surface area contributed by atoms with Crippen molar-refractivity contribution in [2.45, 2.75) is 6.92 Å². The number of aryl methyl sites for hydroxylation is 1. The van der Waals surface area contributed by atoms with Crippen LogP contribution in [0.4, 0.5) is 5.69 Å². The number of rotatable bonds is 2. The molecule has 78 valence electrons. The van der Waals surface area contributed by atoms with Gasteiger partial charge < -0.3 is 10.5 Å². The first-order valence-corrected chi connectivity index (χ1v) is 4.53. The van der Waals surface area contributed by atoms with Crippen molar-refractivity contribution < 1.29 is 4.74 Å². The average Bonchev–Trinajstić information content (AvgIpc) is 2.65. The summed E-state index contributed by atoms with van der Waals surface area (Å²) in [6.45, 7) is 1.85. The molecule has 5 heteroatoms. The fourth-order valence-corrected chi connectivity index (χ4v) is 1.35. The molecule has 0 atom stereocenters.